The molecule has 3 rings (SSSR count). The van der Waals surface area contributed by atoms with Gasteiger partial charge in [0.2, 0.25) is 11.8 Å². The quantitative estimate of drug-likeness (QED) is 0.782. The summed E-state index contributed by atoms with van der Waals surface area (Å²) in [5.74, 6) is 0.788. The number of hydrogen-bond donors (Lipinski definition) is 2. The summed E-state index contributed by atoms with van der Waals surface area (Å²) in [7, 11) is 0. The Hall–Kier alpha value is -2.60. The molecule has 0 bridgehead atoms. The first-order valence-corrected chi connectivity index (χ1v) is 10.2. The van der Waals surface area contributed by atoms with Crippen molar-refractivity contribution in [3.8, 4) is 0 Å². The van der Waals surface area contributed by atoms with Crippen LogP contribution in [0.25, 0.3) is 0 Å². The van der Waals surface area contributed by atoms with E-state index in [1.54, 1.807) is 6.26 Å². The fourth-order valence-corrected chi connectivity index (χ4v) is 3.54. The van der Waals surface area contributed by atoms with Crippen LogP contribution in [-0.2, 0) is 21.5 Å². The lowest BCUT2D eigenvalue weighted by Gasteiger charge is -2.30. The Balaban J connectivity index is 1.39. The molecule has 29 heavy (non-hydrogen) atoms. The molecule has 1 aromatic carbocycles. The third kappa shape index (κ3) is 6.19. The van der Waals surface area contributed by atoms with Crippen molar-refractivity contribution in [3.05, 3.63) is 54.0 Å². The van der Waals surface area contributed by atoms with Crippen LogP contribution in [0.15, 0.2) is 47.1 Å². The van der Waals surface area contributed by atoms with Crippen LogP contribution in [0.4, 0.5) is 5.69 Å². The van der Waals surface area contributed by atoms with Crippen molar-refractivity contribution >= 4 is 17.5 Å². The Bertz CT molecular complexity index is 799. The average molecular weight is 398 g/mol. The Labute approximate surface area is 172 Å². The van der Waals surface area contributed by atoms with Crippen LogP contribution in [0.5, 0.6) is 0 Å². The summed E-state index contributed by atoms with van der Waals surface area (Å²) in [5.41, 5.74) is 2.15. The first kappa shape index (κ1) is 21.1. The number of anilines is 1. The minimum atomic E-state index is -0.0192. The van der Waals surface area contributed by atoms with Crippen LogP contribution in [0.1, 0.15) is 44.9 Å². The van der Waals surface area contributed by atoms with Gasteiger partial charge in [-0.2, -0.15) is 0 Å². The molecule has 1 aliphatic rings. The van der Waals surface area contributed by atoms with Crippen molar-refractivity contribution in [2.45, 2.75) is 45.6 Å². The highest BCUT2D eigenvalue weighted by molar-refractivity contribution is 5.92. The SMILES string of the molecule is CC(C)(C)c1ccc(NC(=O)CN2CCC(C(=O)NCc3ccco3)CC2)cc1. The fourth-order valence-electron chi connectivity index (χ4n) is 3.54. The Kier molecular flexibility index (Phi) is 6.75. The fraction of sp³-hybridized carbons (Fsp3) is 0.478. The average Bonchev–Trinajstić information content (AvgIpc) is 3.20. The summed E-state index contributed by atoms with van der Waals surface area (Å²) in [6, 6.07) is 11.7. The summed E-state index contributed by atoms with van der Waals surface area (Å²) >= 11 is 0. The van der Waals surface area contributed by atoms with Gasteiger partial charge in [-0.25, -0.2) is 0 Å². The van der Waals surface area contributed by atoms with Crippen molar-refractivity contribution < 1.29 is 14.0 Å². The molecular formula is C23H31N3O3. The van der Waals surface area contributed by atoms with Crippen molar-refractivity contribution in [2.24, 2.45) is 5.92 Å². The molecule has 0 saturated carbocycles. The van der Waals surface area contributed by atoms with Crippen molar-refractivity contribution in [2.75, 3.05) is 25.0 Å². The van der Waals surface area contributed by atoms with Crippen molar-refractivity contribution in [1.82, 2.24) is 10.2 Å². The molecule has 2 N–H and O–H groups in total. The van der Waals surface area contributed by atoms with Gasteiger partial charge in [-0.05, 0) is 61.2 Å². The molecule has 2 amide bonds. The van der Waals surface area contributed by atoms with Crippen LogP contribution >= 0.6 is 0 Å². The highest BCUT2D eigenvalue weighted by Gasteiger charge is 2.26. The van der Waals surface area contributed by atoms with E-state index < -0.39 is 0 Å². The Morgan fingerprint density at radius 2 is 1.79 bits per heavy atom. The molecule has 0 unspecified atom stereocenters. The molecule has 1 saturated heterocycles. The second kappa shape index (κ2) is 9.27. The van der Waals surface area contributed by atoms with E-state index in [9.17, 15) is 9.59 Å². The van der Waals surface area contributed by atoms with E-state index >= 15 is 0 Å². The van der Waals surface area contributed by atoms with Gasteiger partial charge in [-0.1, -0.05) is 32.9 Å². The number of likely N-dealkylation sites (tertiary alicyclic amines) is 1. The lowest BCUT2D eigenvalue weighted by Crippen LogP contribution is -2.43. The van der Waals surface area contributed by atoms with E-state index in [0.717, 1.165) is 37.4 Å². The molecule has 1 fully saturated rings. The zero-order valence-corrected chi connectivity index (χ0v) is 17.5. The molecule has 1 aliphatic heterocycles. The predicted molar refractivity (Wildman–Crippen MR) is 113 cm³/mol. The lowest BCUT2D eigenvalue weighted by molar-refractivity contribution is -0.126. The first-order chi connectivity index (χ1) is 13.8. The summed E-state index contributed by atoms with van der Waals surface area (Å²) in [5, 5.41) is 5.90. The number of nitrogens with zero attached hydrogens (tertiary/aromatic N) is 1. The first-order valence-electron chi connectivity index (χ1n) is 10.2. The standard InChI is InChI=1S/C23H31N3O3/c1-23(2,3)18-6-8-19(9-7-18)25-21(27)16-26-12-10-17(11-13-26)22(28)24-15-20-5-4-14-29-20/h4-9,14,17H,10-13,15-16H2,1-3H3,(H,24,28)(H,25,27). The molecule has 6 heteroatoms. The Morgan fingerprint density at radius 1 is 1.10 bits per heavy atom. The molecule has 6 nitrogen and oxygen atoms in total. The van der Waals surface area contributed by atoms with Crippen LogP contribution in [0.2, 0.25) is 0 Å². The third-order valence-corrected chi connectivity index (χ3v) is 5.38. The predicted octanol–water partition coefficient (Wildman–Crippen LogP) is 3.54. The number of amides is 2. The summed E-state index contributed by atoms with van der Waals surface area (Å²) in [6.45, 7) is 8.76. The monoisotopic (exact) mass is 397 g/mol. The number of benzene rings is 1. The van der Waals surface area contributed by atoms with E-state index in [0.29, 0.717) is 13.1 Å². The number of rotatable bonds is 6. The van der Waals surface area contributed by atoms with Crippen molar-refractivity contribution in [3.63, 3.8) is 0 Å². The highest BCUT2D eigenvalue weighted by Crippen LogP contribution is 2.23. The van der Waals surface area contributed by atoms with E-state index in [1.807, 2.05) is 24.3 Å². The van der Waals surface area contributed by atoms with Crippen LogP contribution in [-0.4, -0.2) is 36.3 Å². The summed E-state index contributed by atoms with van der Waals surface area (Å²) in [4.78, 5) is 26.8. The molecule has 1 aromatic heterocycles. The van der Waals surface area contributed by atoms with Gasteiger partial charge >= 0.3 is 0 Å². The second-order valence-corrected chi connectivity index (χ2v) is 8.72. The minimum absolute atomic E-state index is 0.00536. The zero-order chi connectivity index (χ0) is 20.9. The maximum atomic E-state index is 12.4. The summed E-state index contributed by atoms with van der Waals surface area (Å²) in [6.07, 6.45) is 3.12. The summed E-state index contributed by atoms with van der Waals surface area (Å²) < 4.78 is 5.24. The zero-order valence-electron chi connectivity index (χ0n) is 17.5. The van der Waals surface area contributed by atoms with E-state index in [4.69, 9.17) is 4.42 Å². The number of carbonyl (C=O) groups is 2. The maximum Gasteiger partial charge on any atom is 0.238 e. The van der Waals surface area contributed by atoms with Crippen LogP contribution in [0, 0.1) is 5.92 Å². The highest BCUT2D eigenvalue weighted by atomic mass is 16.3. The normalized spacial score (nSPS) is 15.8. The van der Waals surface area contributed by atoms with E-state index in [2.05, 4.69) is 48.4 Å². The molecule has 0 aliphatic carbocycles. The number of nitrogens with one attached hydrogen (secondary N) is 2. The van der Waals surface area contributed by atoms with Crippen LogP contribution in [0.3, 0.4) is 0 Å². The van der Waals surface area contributed by atoms with Gasteiger partial charge in [-0.15, -0.1) is 0 Å². The van der Waals surface area contributed by atoms with E-state index in [-0.39, 0.29) is 23.1 Å². The van der Waals surface area contributed by atoms with Crippen LogP contribution < -0.4 is 10.6 Å². The molecule has 156 valence electrons. The number of carbonyl (C=O) groups excluding carboxylic acids is 2. The Morgan fingerprint density at radius 3 is 2.38 bits per heavy atom. The van der Waals surface area contributed by atoms with Gasteiger partial charge in [0.1, 0.15) is 5.76 Å². The molecule has 2 heterocycles. The number of furan rings is 1. The number of piperidine rings is 1. The topological polar surface area (TPSA) is 74.6 Å². The molecule has 0 spiro atoms. The third-order valence-electron chi connectivity index (χ3n) is 5.38. The van der Waals surface area contributed by atoms with Gasteiger partial charge in [0.25, 0.3) is 0 Å². The van der Waals surface area contributed by atoms with Crippen molar-refractivity contribution in [1.29, 1.82) is 0 Å². The van der Waals surface area contributed by atoms with E-state index in [1.165, 1.54) is 5.56 Å². The number of hydrogen-bond acceptors (Lipinski definition) is 4. The van der Waals surface area contributed by atoms with Gasteiger partial charge in [0, 0.05) is 11.6 Å². The molecule has 0 radical (unpaired) electrons. The minimum Gasteiger partial charge on any atom is -0.467 e. The molecular weight excluding hydrogens is 366 g/mol. The smallest absolute Gasteiger partial charge is 0.238 e. The molecule has 2 aromatic rings. The maximum absolute atomic E-state index is 12.4. The largest absolute Gasteiger partial charge is 0.467 e. The van der Waals surface area contributed by atoms with Gasteiger partial charge in [0.05, 0.1) is 19.4 Å². The van der Waals surface area contributed by atoms with Gasteiger partial charge in [0.15, 0.2) is 0 Å². The molecule has 0 atom stereocenters. The lowest BCUT2D eigenvalue weighted by atomic mass is 9.87. The second-order valence-electron chi connectivity index (χ2n) is 8.72. The van der Waals surface area contributed by atoms with Gasteiger partial charge in [-0.3, -0.25) is 14.5 Å². The van der Waals surface area contributed by atoms with Gasteiger partial charge < -0.3 is 15.1 Å².